The molecule has 1 aliphatic rings. The number of hydrogen-bond donors (Lipinski definition) is 1. The number of hydrogen-bond acceptors (Lipinski definition) is 4. The molecule has 18 heavy (non-hydrogen) atoms. The molecule has 1 aliphatic carbocycles. The van der Waals surface area contributed by atoms with Gasteiger partial charge in [0, 0.05) is 13.0 Å². The zero-order valence-electron chi connectivity index (χ0n) is 10.3. The molecule has 1 N–H and O–H groups in total. The highest BCUT2D eigenvalue weighted by Crippen LogP contribution is 2.36. The topological polar surface area (TPSA) is 70.5 Å². The largest absolute Gasteiger partial charge is 0.480 e. The Hall–Kier alpha value is -1.43. The first-order valence-electron chi connectivity index (χ1n) is 6.00. The van der Waals surface area contributed by atoms with Crippen LogP contribution < -0.4 is 0 Å². The molecule has 1 aromatic rings. The summed E-state index contributed by atoms with van der Waals surface area (Å²) in [4.78, 5) is 28.9. The molecule has 0 bridgehead atoms. The van der Waals surface area contributed by atoms with Gasteiger partial charge in [-0.15, -0.1) is 11.3 Å². The summed E-state index contributed by atoms with van der Waals surface area (Å²) in [6, 6.07) is 0. The minimum absolute atomic E-state index is 0.234. The van der Waals surface area contributed by atoms with Crippen LogP contribution in [0, 0.1) is 0 Å². The Morgan fingerprint density at radius 1 is 1.50 bits per heavy atom. The molecule has 0 atom stereocenters. The standard InChI is InChI=1S/C12H16N2O3S/c1-14(6-9(15)16)12(17)11-10(13-7-18-11)8-4-2-3-5-8/h7-8H,2-6H2,1H3,(H,15,16). The van der Waals surface area contributed by atoms with E-state index < -0.39 is 5.97 Å². The summed E-state index contributed by atoms with van der Waals surface area (Å²) >= 11 is 1.30. The molecule has 2 rings (SSSR count). The lowest BCUT2D eigenvalue weighted by Crippen LogP contribution is -2.32. The van der Waals surface area contributed by atoms with E-state index >= 15 is 0 Å². The van der Waals surface area contributed by atoms with Crippen molar-refractivity contribution in [2.45, 2.75) is 31.6 Å². The van der Waals surface area contributed by atoms with E-state index in [0.717, 1.165) is 18.5 Å². The van der Waals surface area contributed by atoms with Crippen LogP contribution in [-0.2, 0) is 4.79 Å². The third kappa shape index (κ3) is 2.69. The van der Waals surface area contributed by atoms with Crippen molar-refractivity contribution >= 4 is 23.2 Å². The van der Waals surface area contributed by atoms with Gasteiger partial charge in [0.1, 0.15) is 11.4 Å². The van der Waals surface area contributed by atoms with Gasteiger partial charge in [-0.25, -0.2) is 4.98 Å². The number of carboxylic acids is 1. The van der Waals surface area contributed by atoms with Crippen LogP contribution in [0.15, 0.2) is 5.51 Å². The molecule has 5 nitrogen and oxygen atoms in total. The first-order valence-corrected chi connectivity index (χ1v) is 6.88. The van der Waals surface area contributed by atoms with Gasteiger partial charge in [-0.1, -0.05) is 12.8 Å². The van der Waals surface area contributed by atoms with Crippen LogP contribution in [0.2, 0.25) is 0 Å². The Kier molecular flexibility index (Phi) is 3.96. The predicted molar refractivity (Wildman–Crippen MR) is 67.9 cm³/mol. The molecule has 1 aromatic heterocycles. The van der Waals surface area contributed by atoms with Crippen LogP contribution in [0.5, 0.6) is 0 Å². The van der Waals surface area contributed by atoms with E-state index in [1.807, 2.05) is 0 Å². The zero-order valence-corrected chi connectivity index (χ0v) is 11.1. The monoisotopic (exact) mass is 268 g/mol. The number of aliphatic carboxylic acids is 1. The van der Waals surface area contributed by atoms with Crippen molar-refractivity contribution in [3.05, 3.63) is 16.1 Å². The van der Waals surface area contributed by atoms with Gasteiger partial charge in [0.05, 0.1) is 11.2 Å². The average Bonchev–Trinajstić information content (AvgIpc) is 2.97. The van der Waals surface area contributed by atoms with Gasteiger partial charge in [0.2, 0.25) is 0 Å². The molecule has 0 unspecified atom stereocenters. The lowest BCUT2D eigenvalue weighted by atomic mass is 10.0. The number of amides is 1. The van der Waals surface area contributed by atoms with Crippen molar-refractivity contribution in [3.63, 3.8) is 0 Å². The molecule has 0 aliphatic heterocycles. The fourth-order valence-electron chi connectivity index (χ4n) is 2.35. The minimum atomic E-state index is -1.00. The van der Waals surface area contributed by atoms with Crippen molar-refractivity contribution in [1.82, 2.24) is 9.88 Å². The zero-order chi connectivity index (χ0) is 13.1. The van der Waals surface area contributed by atoms with Crippen molar-refractivity contribution in [2.75, 3.05) is 13.6 Å². The van der Waals surface area contributed by atoms with Gasteiger partial charge in [-0.05, 0) is 12.8 Å². The van der Waals surface area contributed by atoms with Gasteiger partial charge in [-0.3, -0.25) is 9.59 Å². The summed E-state index contributed by atoms with van der Waals surface area (Å²) in [5.41, 5.74) is 2.54. The van der Waals surface area contributed by atoms with Crippen molar-refractivity contribution < 1.29 is 14.7 Å². The van der Waals surface area contributed by atoms with Crippen LogP contribution in [0.1, 0.15) is 47.0 Å². The van der Waals surface area contributed by atoms with Gasteiger partial charge in [0.15, 0.2) is 0 Å². The predicted octanol–water partition coefficient (Wildman–Crippen LogP) is 1.96. The fourth-order valence-corrected chi connectivity index (χ4v) is 3.22. The maximum Gasteiger partial charge on any atom is 0.323 e. The molecule has 1 fully saturated rings. The Labute approximate surface area is 109 Å². The highest BCUT2D eigenvalue weighted by atomic mass is 32.1. The highest BCUT2D eigenvalue weighted by Gasteiger charge is 2.27. The fraction of sp³-hybridized carbons (Fsp3) is 0.583. The van der Waals surface area contributed by atoms with Gasteiger partial charge < -0.3 is 10.0 Å². The number of rotatable bonds is 4. The molecule has 0 radical (unpaired) electrons. The third-order valence-corrected chi connectivity index (χ3v) is 4.08. The summed E-state index contributed by atoms with van der Waals surface area (Å²) in [5.74, 6) is -0.868. The van der Waals surface area contributed by atoms with Gasteiger partial charge in [-0.2, -0.15) is 0 Å². The molecule has 1 amide bonds. The number of aromatic nitrogens is 1. The third-order valence-electron chi connectivity index (χ3n) is 3.25. The van der Waals surface area contributed by atoms with Crippen LogP contribution in [0.3, 0.4) is 0 Å². The van der Waals surface area contributed by atoms with E-state index in [4.69, 9.17) is 5.11 Å². The first-order chi connectivity index (χ1) is 8.59. The second-order valence-corrected chi connectivity index (χ2v) is 5.46. The van der Waals surface area contributed by atoms with Gasteiger partial charge in [0.25, 0.3) is 5.91 Å². The highest BCUT2D eigenvalue weighted by molar-refractivity contribution is 7.11. The lowest BCUT2D eigenvalue weighted by Gasteiger charge is -2.15. The van der Waals surface area contributed by atoms with E-state index in [1.54, 1.807) is 5.51 Å². The number of carbonyl (C=O) groups is 2. The van der Waals surface area contributed by atoms with Crippen LogP contribution in [-0.4, -0.2) is 40.5 Å². The van der Waals surface area contributed by atoms with E-state index in [2.05, 4.69) is 4.98 Å². The lowest BCUT2D eigenvalue weighted by molar-refractivity contribution is -0.137. The molecule has 0 aromatic carbocycles. The Bertz CT molecular complexity index is 452. The van der Waals surface area contributed by atoms with Crippen molar-refractivity contribution in [3.8, 4) is 0 Å². The number of nitrogens with zero attached hydrogens (tertiary/aromatic N) is 2. The molecule has 1 heterocycles. The SMILES string of the molecule is CN(CC(=O)O)C(=O)c1scnc1C1CCCC1. The summed E-state index contributed by atoms with van der Waals surface area (Å²) in [5, 5.41) is 8.71. The van der Waals surface area contributed by atoms with E-state index in [1.165, 1.54) is 36.1 Å². The second-order valence-electron chi connectivity index (χ2n) is 4.60. The van der Waals surface area contributed by atoms with Crippen molar-refractivity contribution in [2.24, 2.45) is 0 Å². The van der Waals surface area contributed by atoms with E-state index in [9.17, 15) is 9.59 Å². The summed E-state index contributed by atoms with van der Waals surface area (Å²) in [7, 11) is 1.51. The average molecular weight is 268 g/mol. The normalized spacial score (nSPS) is 15.8. The first kappa shape index (κ1) is 13.0. The number of carboxylic acid groups (broad SMARTS) is 1. The Morgan fingerprint density at radius 3 is 2.78 bits per heavy atom. The van der Waals surface area contributed by atoms with Gasteiger partial charge >= 0.3 is 5.97 Å². The Balaban J connectivity index is 2.15. The van der Waals surface area contributed by atoms with Crippen LogP contribution in [0.4, 0.5) is 0 Å². The molecule has 0 spiro atoms. The number of likely N-dealkylation sites (N-methyl/N-ethyl adjacent to an activating group) is 1. The van der Waals surface area contributed by atoms with Crippen LogP contribution in [0.25, 0.3) is 0 Å². The second kappa shape index (κ2) is 5.48. The molecule has 6 heteroatoms. The number of thiazole rings is 1. The summed E-state index contributed by atoms with van der Waals surface area (Å²) < 4.78 is 0. The van der Waals surface area contributed by atoms with E-state index in [-0.39, 0.29) is 12.5 Å². The maximum absolute atomic E-state index is 12.2. The molecule has 0 saturated heterocycles. The smallest absolute Gasteiger partial charge is 0.323 e. The Morgan fingerprint density at radius 2 is 2.17 bits per heavy atom. The quantitative estimate of drug-likeness (QED) is 0.906. The van der Waals surface area contributed by atoms with E-state index in [0.29, 0.717) is 10.8 Å². The molecule has 1 saturated carbocycles. The van der Waals surface area contributed by atoms with Crippen molar-refractivity contribution in [1.29, 1.82) is 0 Å². The summed E-state index contributed by atoms with van der Waals surface area (Å²) in [6.07, 6.45) is 4.51. The maximum atomic E-state index is 12.2. The molecule has 98 valence electrons. The van der Waals surface area contributed by atoms with Crippen LogP contribution >= 0.6 is 11.3 Å². The molecular formula is C12H16N2O3S. The number of carbonyl (C=O) groups excluding carboxylic acids is 1. The summed E-state index contributed by atoms with van der Waals surface area (Å²) in [6.45, 7) is -0.277. The molecular weight excluding hydrogens is 252 g/mol. The minimum Gasteiger partial charge on any atom is -0.480 e.